The van der Waals surface area contributed by atoms with Crippen molar-refractivity contribution in [2.24, 2.45) is 0 Å². The quantitative estimate of drug-likeness (QED) is 0.516. The number of hydrogen-bond acceptors (Lipinski definition) is 6. The first-order valence-electron chi connectivity index (χ1n) is 12.1. The first-order valence-corrected chi connectivity index (χ1v) is 14.0. The molecular formula is C25H34N4O4S2. The second kappa shape index (κ2) is 12.0. The van der Waals surface area contributed by atoms with Crippen molar-refractivity contribution in [3.8, 4) is 5.75 Å². The van der Waals surface area contributed by atoms with E-state index < -0.39 is 10.0 Å². The molecule has 0 spiro atoms. The highest BCUT2D eigenvalue weighted by Crippen LogP contribution is 2.32. The molecule has 4 rings (SSSR count). The zero-order valence-electron chi connectivity index (χ0n) is 20.2. The largest absolute Gasteiger partial charge is 0.497 e. The maximum atomic E-state index is 13.3. The van der Waals surface area contributed by atoms with E-state index in [4.69, 9.17) is 21.7 Å². The van der Waals surface area contributed by atoms with Crippen LogP contribution in [0.1, 0.15) is 24.8 Å². The lowest BCUT2D eigenvalue weighted by Gasteiger charge is -2.31. The molecule has 0 unspecified atom stereocenters. The minimum absolute atomic E-state index is 0.267. The van der Waals surface area contributed by atoms with Gasteiger partial charge >= 0.3 is 0 Å². The SMILES string of the molecule is COc1ccc(CCNC(=S)Nc2cc(S(=O)(=O)N3CCOCC3)ccc2N2CCCCC2)cc1. The lowest BCUT2D eigenvalue weighted by molar-refractivity contribution is 0.0730. The van der Waals surface area contributed by atoms with Gasteiger partial charge in [-0.1, -0.05) is 12.1 Å². The Morgan fingerprint density at radius 2 is 1.74 bits per heavy atom. The van der Waals surface area contributed by atoms with Crippen molar-refractivity contribution in [2.75, 3.05) is 63.3 Å². The van der Waals surface area contributed by atoms with Crippen LogP contribution in [-0.4, -0.2) is 70.9 Å². The van der Waals surface area contributed by atoms with Gasteiger partial charge in [-0.05, 0) is 73.8 Å². The minimum atomic E-state index is -3.61. The summed E-state index contributed by atoms with van der Waals surface area (Å²) in [5, 5.41) is 7.00. The fourth-order valence-corrected chi connectivity index (χ4v) is 6.05. The topological polar surface area (TPSA) is 83.1 Å². The van der Waals surface area contributed by atoms with E-state index in [0.717, 1.165) is 43.8 Å². The van der Waals surface area contributed by atoms with Crippen LogP contribution < -0.4 is 20.3 Å². The number of anilines is 2. The summed E-state index contributed by atoms with van der Waals surface area (Å²) in [6.07, 6.45) is 4.26. The summed E-state index contributed by atoms with van der Waals surface area (Å²) in [5.41, 5.74) is 2.86. The monoisotopic (exact) mass is 518 g/mol. The van der Waals surface area contributed by atoms with Gasteiger partial charge in [0.1, 0.15) is 5.75 Å². The highest BCUT2D eigenvalue weighted by molar-refractivity contribution is 7.89. The standard InChI is InChI=1S/C25H34N4O4S2/c1-32-21-7-5-20(6-8-21)11-12-26-25(34)27-23-19-22(35(30,31)29-15-17-33-18-16-29)9-10-24(23)28-13-3-2-4-14-28/h5-10,19H,2-4,11-18H2,1H3,(H2,26,27,34). The van der Waals surface area contributed by atoms with Gasteiger partial charge in [0, 0.05) is 32.7 Å². The number of nitrogens with zero attached hydrogens (tertiary/aromatic N) is 2. The Balaban J connectivity index is 1.47. The highest BCUT2D eigenvalue weighted by atomic mass is 32.2. The molecule has 2 saturated heterocycles. The molecule has 0 aliphatic carbocycles. The Kier molecular flexibility index (Phi) is 8.83. The predicted molar refractivity (Wildman–Crippen MR) is 143 cm³/mol. The van der Waals surface area contributed by atoms with Gasteiger partial charge in [0.2, 0.25) is 10.0 Å². The second-order valence-electron chi connectivity index (χ2n) is 8.72. The van der Waals surface area contributed by atoms with Gasteiger partial charge in [0.05, 0.1) is 36.6 Å². The third kappa shape index (κ3) is 6.63. The van der Waals surface area contributed by atoms with Crippen LogP contribution in [0.2, 0.25) is 0 Å². The summed E-state index contributed by atoms with van der Waals surface area (Å²) in [6, 6.07) is 13.3. The number of thiocarbonyl (C=S) groups is 1. The van der Waals surface area contributed by atoms with Gasteiger partial charge in [-0.25, -0.2) is 8.42 Å². The maximum Gasteiger partial charge on any atom is 0.243 e. The summed E-state index contributed by atoms with van der Waals surface area (Å²) >= 11 is 5.58. The van der Waals surface area contributed by atoms with Gasteiger partial charge in [0.15, 0.2) is 5.11 Å². The van der Waals surface area contributed by atoms with Crippen molar-refractivity contribution in [2.45, 2.75) is 30.6 Å². The molecular weight excluding hydrogens is 484 g/mol. The predicted octanol–water partition coefficient (Wildman–Crippen LogP) is 3.24. The van der Waals surface area contributed by atoms with E-state index in [1.54, 1.807) is 19.2 Å². The Morgan fingerprint density at radius 1 is 1.03 bits per heavy atom. The molecule has 2 heterocycles. The van der Waals surface area contributed by atoms with E-state index in [1.807, 2.05) is 30.3 Å². The van der Waals surface area contributed by atoms with Gasteiger partial charge in [0.25, 0.3) is 0 Å². The van der Waals surface area contributed by atoms with E-state index in [0.29, 0.717) is 43.6 Å². The van der Waals surface area contributed by atoms with Crippen LogP contribution in [0.5, 0.6) is 5.75 Å². The smallest absolute Gasteiger partial charge is 0.243 e. The summed E-state index contributed by atoms with van der Waals surface area (Å²) in [6.45, 7) is 4.11. The lowest BCUT2D eigenvalue weighted by Crippen LogP contribution is -2.40. The fourth-order valence-electron chi connectivity index (χ4n) is 4.40. The van der Waals surface area contributed by atoms with Gasteiger partial charge < -0.3 is 25.0 Å². The van der Waals surface area contributed by atoms with Crippen LogP contribution in [0.15, 0.2) is 47.4 Å². The number of nitrogens with one attached hydrogen (secondary N) is 2. The zero-order chi connectivity index (χ0) is 24.7. The van der Waals surface area contributed by atoms with E-state index in [2.05, 4.69) is 15.5 Å². The van der Waals surface area contributed by atoms with Crippen molar-refractivity contribution in [1.29, 1.82) is 0 Å². The molecule has 190 valence electrons. The van der Waals surface area contributed by atoms with Crippen LogP contribution in [0.3, 0.4) is 0 Å². The summed E-state index contributed by atoms with van der Waals surface area (Å²) in [5.74, 6) is 0.830. The molecule has 35 heavy (non-hydrogen) atoms. The number of benzene rings is 2. The number of ether oxygens (including phenoxy) is 2. The highest BCUT2D eigenvalue weighted by Gasteiger charge is 2.28. The van der Waals surface area contributed by atoms with Crippen LogP contribution in [0, 0.1) is 0 Å². The zero-order valence-corrected chi connectivity index (χ0v) is 21.8. The first-order chi connectivity index (χ1) is 17.0. The van der Waals surface area contributed by atoms with Crippen molar-refractivity contribution < 1.29 is 17.9 Å². The molecule has 0 radical (unpaired) electrons. The average molecular weight is 519 g/mol. The summed E-state index contributed by atoms with van der Waals surface area (Å²) in [4.78, 5) is 2.57. The van der Waals surface area contributed by atoms with E-state index in [9.17, 15) is 8.42 Å². The Labute approximate surface area is 213 Å². The van der Waals surface area contributed by atoms with Crippen LogP contribution in [-0.2, 0) is 21.2 Å². The lowest BCUT2D eigenvalue weighted by atomic mass is 10.1. The number of piperidine rings is 1. The number of morpholine rings is 1. The molecule has 2 aromatic carbocycles. The second-order valence-corrected chi connectivity index (χ2v) is 11.1. The summed E-state index contributed by atoms with van der Waals surface area (Å²) < 4.78 is 38.5. The van der Waals surface area contributed by atoms with Gasteiger partial charge in [-0.2, -0.15) is 4.31 Å². The molecule has 0 bridgehead atoms. The Morgan fingerprint density at radius 3 is 2.43 bits per heavy atom. The molecule has 2 aliphatic rings. The van der Waals surface area contributed by atoms with Crippen molar-refractivity contribution in [3.05, 3.63) is 48.0 Å². The molecule has 0 saturated carbocycles. The molecule has 8 nitrogen and oxygen atoms in total. The number of rotatable bonds is 8. The van der Waals surface area contributed by atoms with Crippen molar-refractivity contribution >= 4 is 38.7 Å². The number of methoxy groups -OCH3 is 1. The fraction of sp³-hybridized carbons (Fsp3) is 0.480. The normalized spacial score (nSPS) is 17.1. The molecule has 10 heteroatoms. The molecule has 2 aromatic rings. The molecule has 2 aliphatic heterocycles. The Bertz CT molecular complexity index is 1100. The van der Waals surface area contributed by atoms with Crippen LogP contribution >= 0.6 is 12.2 Å². The van der Waals surface area contributed by atoms with Crippen molar-refractivity contribution in [1.82, 2.24) is 9.62 Å². The summed E-state index contributed by atoms with van der Waals surface area (Å²) in [7, 11) is -1.95. The number of hydrogen-bond donors (Lipinski definition) is 2. The molecule has 2 N–H and O–H groups in total. The third-order valence-corrected chi connectivity index (χ3v) is 8.52. The van der Waals surface area contributed by atoms with Crippen LogP contribution in [0.25, 0.3) is 0 Å². The molecule has 0 amide bonds. The first kappa shape index (κ1) is 25.7. The maximum absolute atomic E-state index is 13.3. The van der Waals surface area contributed by atoms with Gasteiger partial charge in [-0.15, -0.1) is 0 Å². The average Bonchev–Trinajstić information content (AvgIpc) is 2.90. The van der Waals surface area contributed by atoms with Crippen LogP contribution in [0.4, 0.5) is 11.4 Å². The van der Waals surface area contributed by atoms with Crippen molar-refractivity contribution in [3.63, 3.8) is 0 Å². The Hall–Kier alpha value is -2.40. The molecule has 2 fully saturated rings. The molecule has 0 aromatic heterocycles. The van der Waals surface area contributed by atoms with E-state index in [1.165, 1.54) is 16.3 Å². The van der Waals surface area contributed by atoms with Gasteiger partial charge in [-0.3, -0.25) is 0 Å². The minimum Gasteiger partial charge on any atom is -0.497 e. The van der Waals surface area contributed by atoms with E-state index >= 15 is 0 Å². The third-order valence-electron chi connectivity index (χ3n) is 6.38. The van der Waals surface area contributed by atoms with E-state index in [-0.39, 0.29) is 4.90 Å². The number of sulfonamides is 1. The molecule has 0 atom stereocenters.